The van der Waals surface area contributed by atoms with Gasteiger partial charge >= 0.3 is 0 Å². The van der Waals surface area contributed by atoms with Crippen LogP contribution in [0.5, 0.6) is 0 Å². The van der Waals surface area contributed by atoms with E-state index >= 15 is 0 Å². The van der Waals surface area contributed by atoms with E-state index in [1.165, 1.54) is 11.0 Å². The highest BCUT2D eigenvalue weighted by molar-refractivity contribution is 7.99. The zero-order valence-corrected chi connectivity index (χ0v) is 14.5. The van der Waals surface area contributed by atoms with Crippen molar-refractivity contribution in [2.45, 2.75) is 22.6 Å². The van der Waals surface area contributed by atoms with E-state index < -0.39 is 9.84 Å². The summed E-state index contributed by atoms with van der Waals surface area (Å²) in [7, 11) is -3.36. The average Bonchev–Trinajstić information content (AvgIpc) is 2.52. The summed E-state index contributed by atoms with van der Waals surface area (Å²) in [6.07, 6.45) is 2.22. The van der Waals surface area contributed by atoms with Crippen LogP contribution < -0.4 is 5.32 Å². The number of amides is 1. The van der Waals surface area contributed by atoms with E-state index in [-0.39, 0.29) is 10.8 Å². The maximum absolute atomic E-state index is 12.0. The lowest BCUT2D eigenvalue weighted by Gasteiger charge is -2.09. The molecule has 0 heterocycles. The molecule has 23 heavy (non-hydrogen) atoms. The van der Waals surface area contributed by atoms with Gasteiger partial charge in [0.15, 0.2) is 9.84 Å². The Morgan fingerprint density at radius 3 is 2.39 bits per heavy atom. The summed E-state index contributed by atoms with van der Waals surface area (Å²) in [5.74, 6) is 0.667. The summed E-state index contributed by atoms with van der Waals surface area (Å²) in [4.78, 5) is 13.3. The maximum Gasteiger partial charge on any atom is 0.224 e. The SMILES string of the molecule is CS(=O)(=O)c1ccccc1NC(=O)CCCSc1ccccc1. The number of hydrogen-bond acceptors (Lipinski definition) is 4. The molecule has 6 heteroatoms. The largest absolute Gasteiger partial charge is 0.325 e. The lowest BCUT2D eigenvalue weighted by atomic mass is 10.3. The lowest BCUT2D eigenvalue weighted by Crippen LogP contribution is -2.14. The Hall–Kier alpha value is -1.79. The van der Waals surface area contributed by atoms with Gasteiger partial charge in [-0.15, -0.1) is 11.8 Å². The highest BCUT2D eigenvalue weighted by Crippen LogP contribution is 2.21. The third kappa shape index (κ3) is 5.73. The molecule has 0 radical (unpaired) electrons. The van der Waals surface area contributed by atoms with Crippen molar-refractivity contribution in [3.63, 3.8) is 0 Å². The molecular weight excluding hydrogens is 330 g/mol. The molecule has 0 atom stereocenters. The van der Waals surface area contributed by atoms with Crippen molar-refractivity contribution in [3.05, 3.63) is 54.6 Å². The third-order valence-electron chi connectivity index (χ3n) is 3.12. The summed E-state index contributed by atoms with van der Waals surface area (Å²) in [6.45, 7) is 0. The van der Waals surface area contributed by atoms with Crippen LogP contribution in [0, 0.1) is 0 Å². The molecule has 0 fully saturated rings. The van der Waals surface area contributed by atoms with Crippen molar-refractivity contribution in [2.75, 3.05) is 17.3 Å². The van der Waals surface area contributed by atoms with Crippen LogP contribution in [-0.4, -0.2) is 26.3 Å². The number of carbonyl (C=O) groups is 1. The van der Waals surface area contributed by atoms with Crippen LogP contribution in [0.1, 0.15) is 12.8 Å². The van der Waals surface area contributed by atoms with E-state index in [0.29, 0.717) is 12.1 Å². The van der Waals surface area contributed by atoms with Gasteiger partial charge in [-0.2, -0.15) is 0 Å². The quantitative estimate of drug-likeness (QED) is 0.613. The molecule has 0 aliphatic carbocycles. The highest BCUT2D eigenvalue weighted by Gasteiger charge is 2.14. The second kappa shape index (κ2) is 8.17. The first-order valence-corrected chi connectivity index (χ1v) is 10.1. The van der Waals surface area contributed by atoms with Crippen molar-refractivity contribution in [1.82, 2.24) is 0 Å². The van der Waals surface area contributed by atoms with Crippen LogP contribution in [-0.2, 0) is 14.6 Å². The van der Waals surface area contributed by atoms with Crippen molar-refractivity contribution in [1.29, 1.82) is 0 Å². The standard InChI is InChI=1S/C17H19NO3S2/c1-23(20,21)16-11-6-5-10-15(16)18-17(19)12-7-13-22-14-8-3-2-4-9-14/h2-6,8-11H,7,12-13H2,1H3,(H,18,19). The molecule has 2 aromatic rings. The van der Waals surface area contributed by atoms with E-state index in [0.717, 1.165) is 18.4 Å². The van der Waals surface area contributed by atoms with Gasteiger partial charge in [0.25, 0.3) is 0 Å². The average molecular weight is 349 g/mol. The number of rotatable bonds is 7. The minimum absolute atomic E-state index is 0.145. The second-order valence-electron chi connectivity index (χ2n) is 5.08. The first kappa shape index (κ1) is 17.6. The Kier molecular flexibility index (Phi) is 6.24. The number of benzene rings is 2. The molecule has 2 rings (SSSR count). The van der Waals surface area contributed by atoms with Crippen LogP contribution >= 0.6 is 11.8 Å². The highest BCUT2D eigenvalue weighted by atomic mass is 32.2. The zero-order valence-electron chi connectivity index (χ0n) is 12.9. The number of para-hydroxylation sites is 1. The predicted molar refractivity (Wildman–Crippen MR) is 94.6 cm³/mol. The van der Waals surface area contributed by atoms with Gasteiger partial charge < -0.3 is 5.32 Å². The van der Waals surface area contributed by atoms with E-state index in [2.05, 4.69) is 5.32 Å². The zero-order chi connectivity index (χ0) is 16.7. The van der Waals surface area contributed by atoms with Gasteiger partial charge in [0.2, 0.25) is 5.91 Å². The molecule has 0 saturated heterocycles. The van der Waals surface area contributed by atoms with Crippen LogP contribution in [0.2, 0.25) is 0 Å². The molecule has 0 spiro atoms. The topological polar surface area (TPSA) is 63.2 Å². The van der Waals surface area contributed by atoms with Crippen molar-refractivity contribution >= 4 is 33.2 Å². The number of thioether (sulfide) groups is 1. The van der Waals surface area contributed by atoms with Gasteiger partial charge in [0.1, 0.15) is 0 Å². The lowest BCUT2D eigenvalue weighted by molar-refractivity contribution is -0.116. The maximum atomic E-state index is 12.0. The Morgan fingerprint density at radius 1 is 1.04 bits per heavy atom. The summed E-state index contributed by atoms with van der Waals surface area (Å²) >= 11 is 1.70. The fourth-order valence-corrected chi connectivity index (χ4v) is 3.76. The smallest absolute Gasteiger partial charge is 0.224 e. The molecule has 0 aliphatic rings. The van der Waals surface area contributed by atoms with Gasteiger partial charge in [-0.25, -0.2) is 8.42 Å². The summed E-state index contributed by atoms with van der Waals surface area (Å²) in [5.41, 5.74) is 0.343. The minimum atomic E-state index is -3.36. The fourth-order valence-electron chi connectivity index (χ4n) is 2.05. The first-order chi connectivity index (χ1) is 11.0. The number of nitrogens with one attached hydrogen (secondary N) is 1. The van der Waals surface area contributed by atoms with Crippen LogP contribution in [0.15, 0.2) is 64.4 Å². The fraction of sp³-hybridized carbons (Fsp3) is 0.235. The van der Waals surface area contributed by atoms with Crippen LogP contribution in [0.4, 0.5) is 5.69 Å². The van der Waals surface area contributed by atoms with Gasteiger partial charge in [0, 0.05) is 17.6 Å². The third-order valence-corrected chi connectivity index (χ3v) is 5.37. The Balaban J connectivity index is 1.84. The molecule has 0 aliphatic heterocycles. The van der Waals surface area contributed by atoms with Gasteiger partial charge in [-0.05, 0) is 36.4 Å². The van der Waals surface area contributed by atoms with E-state index in [1.807, 2.05) is 30.3 Å². The second-order valence-corrected chi connectivity index (χ2v) is 8.23. The summed E-state index contributed by atoms with van der Waals surface area (Å²) in [5, 5.41) is 2.69. The predicted octanol–water partition coefficient (Wildman–Crippen LogP) is 3.60. The molecule has 0 saturated carbocycles. The Morgan fingerprint density at radius 2 is 1.70 bits per heavy atom. The molecule has 2 aromatic carbocycles. The molecular formula is C17H19NO3S2. The van der Waals surface area contributed by atoms with Gasteiger partial charge in [-0.1, -0.05) is 30.3 Å². The van der Waals surface area contributed by atoms with Crippen molar-refractivity contribution < 1.29 is 13.2 Å². The monoisotopic (exact) mass is 349 g/mol. The van der Waals surface area contributed by atoms with Crippen molar-refractivity contribution in [2.24, 2.45) is 0 Å². The van der Waals surface area contributed by atoms with Crippen molar-refractivity contribution in [3.8, 4) is 0 Å². The molecule has 0 unspecified atom stereocenters. The Bertz CT molecular complexity index is 758. The van der Waals surface area contributed by atoms with E-state index in [4.69, 9.17) is 0 Å². The molecule has 0 bridgehead atoms. The molecule has 4 nitrogen and oxygen atoms in total. The number of hydrogen-bond donors (Lipinski definition) is 1. The summed E-state index contributed by atoms with van der Waals surface area (Å²) in [6, 6.07) is 16.5. The van der Waals surface area contributed by atoms with Crippen LogP contribution in [0.25, 0.3) is 0 Å². The molecule has 122 valence electrons. The molecule has 1 amide bonds. The van der Waals surface area contributed by atoms with Crippen LogP contribution in [0.3, 0.4) is 0 Å². The van der Waals surface area contributed by atoms with Gasteiger partial charge in [0.05, 0.1) is 10.6 Å². The van der Waals surface area contributed by atoms with Gasteiger partial charge in [-0.3, -0.25) is 4.79 Å². The number of sulfone groups is 1. The molecule has 0 aromatic heterocycles. The minimum Gasteiger partial charge on any atom is -0.325 e. The number of anilines is 1. The van der Waals surface area contributed by atoms with E-state index in [9.17, 15) is 13.2 Å². The normalized spacial score (nSPS) is 11.2. The first-order valence-electron chi connectivity index (χ1n) is 7.23. The molecule has 1 N–H and O–H groups in total. The van der Waals surface area contributed by atoms with E-state index in [1.54, 1.807) is 30.0 Å². The summed E-state index contributed by atoms with van der Waals surface area (Å²) < 4.78 is 23.4. The Labute approximate surface area is 141 Å². The number of carbonyl (C=O) groups excluding carboxylic acids is 1.